The molecule has 376 valence electrons. The zero-order chi connectivity index (χ0) is 50.5. The van der Waals surface area contributed by atoms with Crippen LogP contribution in [0.25, 0.3) is 34.7 Å². The number of carbonyl (C=O) groups is 2. The summed E-state index contributed by atoms with van der Waals surface area (Å²) < 4.78 is 30.4. The minimum Gasteiger partial charge on any atom is -0.395 e. The van der Waals surface area contributed by atoms with Crippen molar-refractivity contribution < 1.29 is 23.5 Å². The van der Waals surface area contributed by atoms with Crippen molar-refractivity contribution in [2.75, 3.05) is 84.1 Å². The van der Waals surface area contributed by atoms with Crippen molar-refractivity contribution >= 4 is 105 Å². The van der Waals surface area contributed by atoms with E-state index in [0.29, 0.717) is 79.7 Å². The largest absolute Gasteiger partial charge is 0.395 e. The predicted molar refractivity (Wildman–Crippen MR) is 287 cm³/mol. The molecule has 4 aliphatic rings. The van der Waals surface area contributed by atoms with Crippen LogP contribution in [0.5, 0.6) is 0 Å². The van der Waals surface area contributed by atoms with Crippen LogP contribution in [0.4, 0.5) is 8.78 Å². The Bertz CT molecular complexity index is 3010. The lowest BCUT2D eigenvalue weighted by atomic mass is 10.0. The Morgan fingerprint density at radius 1 is 0.611 bits per heavy atom. The van der Waals surface area contributed by atoms with Gasteiger partial charge in [0.1, 0.15) is 11.6 Å². The highest BCUT2D eigenvalue weighted by atomic mass is 35.5. The van der Waals surface area contributed by atoms with Crippen molar-refractivity contribution in [2.24, 2.45) is 0 Å². The van der Waals surface area contributed by atoms with Gasteiger partial charge in [-0.25, -0.2) is 28.2 Å². The first kappa shape index (κ1) is 52.1. The first-order valence-electron chi connectivity index (χ1n) is 23.2. The predicted octanol–water partition coefficient (Wildman–Crippen LogP) is 9.36. The van der Waals surface area contributed by atoms with Gasteiger partial charge in [0.05, 0.1) is 39.4 Å². The second-order valence-corrected chi connectivity index (χ2v) is 21.2. The van der Waals surface area contributed by atoms with Crippen LogP contribution in [0.3, 0.4) is 0 Å². The summed E-state index contributed by atoms with van der Waals surface area (Å²) in [7, 11) is 2.07. The standard InChI is InChI=1S/C26H26Cl2FN5O2S.C25H24Cl2FN5OS/c27-19-3-6-23(22(28)14-19)34-25-18(13-17-1-4-20(29)5-2-17)15-37-16-21(25)24(30-34)26(36)31-33-9-7-32(8-10-33)11-12-35;1-31-8-10-32(11-9-31)30-25(34)23-20-15-35-14-17(12-16-2-5-19(28)6-3-16)24(20)33(29-23)22-7-4-18(26)13-21(22)27/h1-6,13-14,35H,7-12,15-16H2,(H,31,36);2-7,12-13H,8-11,14-15H2,1H3,(H,30,34)/b18-13+;17-12+. The number of aromatic nitrogens is 4. The highest BCUT2D eigenvalue weighted by molar-refractivity contribution is 7.99. The minimum atomic E-state index is -0.296. The maximum Gasteiger partial charge on any atom is 0.286 e. The molecule has 13 nitrogen and oxygen atoms in total. The molecule has 0 saturated carbocycles. The maximum atomic E-state index is 13.5. The van der Waals surface area contributed by atoms with Crippen molar-refractivity contribution in [3.8, 4) is 11.4 Å². The van der Waals surface area contributed by atoms with Crippen LogP contribution in [0.15, 0.2) is 84.9 Å². The van der Waals surface area contributed by atoms with E-state index in [4.69, 9.17) is 56.6 Å². The summed E-state index contributed by atoms with van der Waals surface area (Å²) in [4.78, 5) is 31.2. The molecule has 4 aromatic carbocycles. The zero-order valence-corrected chi connectivity index (χ0v) is 43.7. The number of halogens is 6. The van der Waals surface area contributed by atoms with Gasteiger partial charge in [0.2, 0.25) is 0 Å². The fourth-order valence-corrected chi connectivity index (χ4v) is 11.8. The van der Waals surface area contributed by atoms with Gasteiger partial charge in [-0.15, -0.1) is 0 Å². The maximum absolute atomic E-state index is 13.5. The molecule has 2 saturated heterocycles. The van der Waals surface area contributed by atoms with E-state index in [9.17, 15) is 23.5 Å². The number of nitrogens with zero attached hydrogens (tertiary/aromatic N) is 8. The smallest absolute Gasteiger partial charge is 0.286 e. The Balaban J connectivity index is 0.000000178. The van der Waals surface area contributed by atoms with Gasteiger partial charge < -0.3 is 10.0 Å². The Labute approximate surface area is 444 Å². The van der Waals surface area contributed by atoms with Crippen molar-refractivity contribution in [1.82, 2.24) is 50.2 Å². The summed E-state index contributed by atoms with van der Waals surface area (Å²) >= 11 is 28.8. The van der Waals surface area contributed by atoms with Gasteiger partial charge in [0.25, 0.3) is 11.8 Å². The number of hydrazine groups is 2. The monoisotopic (exact) mass is 1090 g/mol. The number of aliphatic hydroxyl groups excluding tert-OH is 1. The van der Waals surface area contributed by atoms with Crippen LogP contribution in [0.1, 0.15) is 54.6 Å². The lowest BCUT2D eigenvalue weighted by Crippen LogP contribution is -2.54. The van der Waals surface area contributed by atoms with Gasteiger partial charge >= 0.3 is 0 Å². The molecule has 0 bridgehead atoms. The molecular formula is C51H50Cl4F2N10O3S2. The van der Waals surface area contributed by atoms with E-state index in [1.54, 1.807) is 93.6 Å². The number of carbonyl (C=O) groups excluding carboxylic acids is 2. The highest BCUT2D eigenvalue weighted by Gasteiger charge is 2.33. The molecule has 2 aromatic heterocycles. The summed E-state index contributed by atoms with van der Waals surface area (Å²) in [6.45, 7) is 6.83. The van der Waals surface area contributed by atoms with Crippen LogP contribution >= 0.6 is 69.9 Å². The van der Waals surface area contributed by atoms with Crippen molar-refractivity contribution in [1.29, 1.82) is 0 Å². The molecular weight excluding hydrogens is 1040 g/mol. The summed E-state index contributed by atoms with van der Waals surface area (Å²) in [5.41, 5.74) is 15.0. The second-order valence-electron chi connectivity index (χ2n) is 17.5. The Hall–Kier alpha value is -4.76. The van der Waals surface area contributed by atoms with E-state index >= 15 is 0 Å². The molecule has 0 aliphatic carbocycles. The van der Waals surface area contributed by atoms with Crippen LogP contribution in [0.2, 0.25) is 20.1 Å². The van der Waals surface area contributed by atoms with Crippen LogP contribution in [-0.4, -0.2) is 140 Å². The molecule has 72 heavy (non-hydrogen) atoms. The van der Waals surface area contributed by atoms with Gasteiger partial charge in [0, 0.05) is 103 Å². The van der Waals surface area contributed by atoms with E-state index in [-0.39, 0.29) is 30.1 Å². The lowest BCUT2D eigenvalue weighted by Gasteiger charge is -2.34. The highest BCUT2D eigenvalue weighted by Crippen LogP contribution is 2.40. The summed E-state index contributed by atoms with van der Waals surface area (Å²) in [6, 6.07) is 23.0. The average Bonchev–Trinajstić information content (AvgIpc) is 3.96. The summed E-state index contributed by atoms with van der Waals surface area (Å²) in [6.07, 6.45) is 4.00. The van der Waals surface area contributed by atoms with Crippen LogP contribution in [0, 0.1) is 11.6 Å². The Kier molecular flexibility index (Phi) is 17.1. The molecule has 6 heterocycles. The summed E-state index contributed by atoms with van der Waals surface area (Å²) in [5, 5.41) is 24.4. The molecule has 0 spiro atoms. The number of fused-ring (bicyclic) bond motifs is 2. The van der Waals surface area contributed by atoms with Gasteiger partial charge in [0.15, 0.2) is 11.4 Å². The quantitative estimate of drug-likeness (QED) is 0.122. The minimum absolute atomic E-state index is 0.120. The van der Waals surface area contributed by atoms with Gasteiger partial charge in [-0.1, -0.05) is 70.7 Å². The average molecular weight is 1090 g/mol. The van der Waals surface area contributed by atoms with Crippen molar-refractivity contribution in [3.05, 3.63) is 162 Å². The molecule has 6 aromatic rings. The number of aliphatic hydroxyl groups is 1. The second kappa shape index (κ2) is 23.6. The molecule has 21 heteroatoms. The number of piperazine rings is 2. The fraction of sp³-hybridized carbons (Fsp3) is 0.294. The topological polar surface area (TPSA) is 127 Å². The SMILES string of the molecule is CN1CCN(NC(=O)c2nn(-c3ccc(Cl)cc3Cl)c3c2CSC/C3=C\c2ccc(F)cc2)CC1.O=C(NN1CCN(CCO)CC1)c1nn(-c2ccc(Cl)cc2Cl)c2c1CSC/C2=C\c1ccc(F)cc1. The third-order valence-electron chi connectivity index (χ3n) is 12.5. The van der Waals surface area contributed by atoms with Crippen molar-refractivity contribution in [2.45, 2.75) is 11.5 Å². The first-order valence-corrected chi connectivity index (χ1v) is 27.0. The number of thioether (sulfide) groups is 2. The van der Waals surface area contributed by atoms with Crippen molar-refractivity contribution in [3.63, 3.8) is 0 Å². The number of β-amino-alcohol motifs (C(OH)–C–C–N with tert-alkyl or cyclic N) is 1. The fourth-order valence-electron chi connectivity index (χ4n) is 8.79. The van der Waals surface area contributed by atoms with Gasteiger partial charge in [-0.2, -0.15) is 33.7 Å². The van der Waals surface area contributed by atoms with Gasteiger partial charge in [-0.3, -0.25) is 25.3 Å². The van der Waals surface area contributed by atoms with E-state index in [1.807, 2.05) is 22.2 Å². The third-order valence-corrected chi connectivity index (χ3v) is 15.6. The van der Waals surface area contributed by atoms with E-state index in [2.05, 4.69) is 27.7 Å². The first-order chi connectivity index (χ1) is 34.8. The molecule has 10 rings (SSSR count). The van der Waals surface area contributed by atoms with Gasteiger partial charge in [-0.05, 0) is 102 Å². The van der Waals surface area contributed by atoms with E-state index < -0.39 is 0 Å². The molecule has 0 radical (unpaired) electrons. The van der Waals surface area contributed by atoms with E-state index in [1.165, 1.54) is 24.3 Å². The number of hydrogen-bond donors (Lipinski definition) is 3. The van der Waals surface area contributed by atoms with Crippen LogP contribution in [-0.2, 0) is 11.5 Å². The normalized spacial score (nSPS) is 17.8. The number of likely N-dealkylation sites (N-methyl/N-ethyl adjacent to an activating group) is 1. The van der Waals surface area contributed by atoms with Crippen LogP contribution < -0.4 is 10.9 Å². The number of benzene rings is 4. The summed E-state index contributed by atoms with van der Waals surface area (Å²) in [5.74, 6) is 1.59. The molecule has 3 N–H and O–H groups in total. The number of rotatable bonds is 10. The molecule has 0 unspecified atom stereocenters. The molecule has 0 atom stereocenters. The Morgan fingerprint density at radius 2 is 1.03 bits per heavy atom. The molecule has 2 fully saturated rings. The number of nitrogens with one attached hydrogen (secondary N) is 2. The number of hydrogen-bond acceptors (Lipinski definition) is 11. The molecule has 2 amide bonds. The zero-order valence-electron chi connectivity index (χ0n) is 39.1. The number of amides is 2. The van der Waals surface area contributed by atoms with E-state index in [0.717, 1.165) is 89.8 Å². The Morgan fingerprint density at radius 3 is 1.43 bits per heavy atom. The third kappa shape index (κ3) is 12.3. The lowest BCUT2D eigenvalue weighted by molar-refractivity contribution is 0.0576. The molecule has 4 aliphatic heterocycles.